The van der Waals surface area contributed by atoms with Crippen LogP contribution in [0.2, 0.25) is 0 Å². The van der Waals surface area contributed by atoms with Gasteiger partial charge in [0.15, 0.2) is 0 Å². The minimum absolute atomic E-state index is 0. The summed E-state index contributed by atoms with van der Waals surface area (Å²) < 4.78 is 0.421. The third kappa shape index (κ3) is 14.6. The van der Waals surface area contributed by atoms with Crippen LogP contribution in [0.1, 0.15) is 13.8 Å². The van der Waals surface area contributed by atoms with E-state index in [1.54, 1.807) is 0 Å². The molecule has 2 N–H and O–H groups in total. The first-order valence-electron chi connectivity index (χ1n) is 3.76. The third-order valence-electron chi connectivity index (χ3n) is 1.07. The molecular weight excluding hydrogens is 315 g/mol. The number of thiocarbonyl (C=S) groups is 2. The van der Waals surface area contributed by atoms with Crippen LogP contribution in [0.5, 0.6) is 0 Å². The molecule has 0 aromatic rings. The number of hydrogen-bond donors (Lipinski definition) is 0. The van der Waals surface area contributed by atoms with Crippen LogP contribution in [0.4, 0.5) is 0 Å². The van der Waals surface area contributed by atoms with Crippen LogP contribution < -0.4 is 0 Å². The molecule has 94 valence electrons. The molecule has 0 unspecified atom stereocenters. The van der Waals surface area contributed by atoms with Crippen LogP contribution in [-0.2, 0) is 41.7 Å². The molecule has 0 aromatic carbocycles. The van der Waals surface area contributed by atoms with Gasteiger partial charge in [-0.2, -0.15) is 0 Å². The Bertz CT molecular complexity index is 172. The van der Waals surface area contributed by atoms with Crippen molar-refractivity contribution in [3.05, 3.63) is 11.7 Å². The zero-order valence-electron chi connectivity index (χ0n) is 8.26. The molecule has 0 fully saturated rings. The maximum Gasteiger partial charge on any atom is 0 e. The van der Waals surface area contributed by atoms with Gasteiger partial charge in [0.2, 0.25) is 0 Å². The Balaban J connectivity index is -0.000000180. The van der Waals surface area contributed by atoms with Crippen LogP contribution in [0.25, 0.3) is 11.7 Å². The summed E-state index contributed by atoms with van der Waals surface area (Å²) in [6, 6.07) is 0. The van der Waals surface area contributed by atoms with E-state index in [0.717, 1.165) is 10.0 Å². The molecule has 0 aliphatic carbocycles. The molecule has 0 atom stereocenters. The van der Waals surface area contributed by atoms with E-state index in [1.807, 2.05) is 13.8 Å². The van der Waals surface area contributed by atoms with Gasteiger partial charge >= 0.3 is 0 Å². The van der Waals surface area contributed by atoms with Gasteiger partial charge in [-0.25, -0.2) is 0 Å². The van der Waals surface area contributed by atoms with Gasteiger partial charge in [-0.3, -0.25) is 0 Å². The molecule has 0 amide bonds. The van der Waals surface area contributed by atoms with Gasteiger partial charge in [0.25, 0.3) is 0 Å². The van der Waals surface area contributed by atoms with E-state index in [-0.39, 0.29) is 25.1 Å². The molecule has 0 spiro atoms. The average molecular weight is 327 g/mol. The molecular formula is C6H12N4NiS4-4. The zero-order valence-corrected chi connectivity index (χ0v) is 12.5. The quantitative estimate of drug-likeness (QED) is 0.335. The van der Waals surface area contributed by atoms with Gasteiger partial charge in [0.05, 0.1) is 0 Å². The van der Waals surface area contributed by atoms with Crippen LogP contribution in [0.15, 0.2) is 0 Å². The first kappa shape index (κ1) is 21.0. The fourth-order valence-corrected chi connectivity index (χ4v) is 0.775. The van der Waals surface area contributed by atoms with Crippen molar-refractivity contribution in [3.8, 4) is 0 Å². The van der Waals surface area contributed by atoms with E-state index in [9.17, 15) is 0 Å². The predicted octanol–water partition coefficient (Wildman–Crippen LogP) is 2.21. The molecule has 4 nitrogen and oxygen atoms in total. The van der Waals surface area contributed by atoms with Gasteiger partial charge < -0.3 is 71.4 Å². The zero-order chi connectivity index (χ0) is 11.7. The molecule has 9 heteroatoms. The van der Waals surface area contributed by atoms with Crippen molar-refractivity contribution < 1.29 is 16.5 Å². The van der Waals surface area contributed by atoms with Crippen molar-refractivity contribution in [1.82, 2.24) is 10.0 Å². The monoisotopic (exact) mass is 326 g/mol. The van der Waals surface area contributed by atoms with E-state index in [4.69, 9.17) is 11.7 Å². The summed E-state index contributed by atoms with van der Waals surface area (Å²) >= 11 is 17.9. The van der Waals surface area contributed by atoms with Crippen LogP contribution in [0, 0.1) is 0 Å². The largest absolute Gasteiger partial charge is 0.585 e. The minimum atomic E-state index is 0. The van der Waals surface area contributed by atoms with Crippen LogP contribution in [0.3, 0.4) is 0 Å². The van der Waals surface area contributed by atoms with Crippen molar-refractivity contribution >= 4 is 58.3 Å². The molecule has 0 aliphatic rings. The molecule has 0 heterocycles. The van der Waals surface area contributed by atoms with Gasteiger partial charge in [-0.15, -0.1) is 0 Å². The van der Waals surface area contributed by atoms with E-state index in [0.29, 0.717) is 13.1 Å². The van der Waals surface area contributed by atoms with Crippen molar-refractivity contribution in [2.24, 2.45) is 0 Å². The van der Waals surface area contributed by atoms with E-state index < -0.39 is 0 Å². The molecule has 0 rings (SSSR count). The van der Waals surface area contributed by atoms with Gasteiger partial charge in [-0.1, -0.05) is 8.64 Å². The van der Waals surface area contributed by atoms with E-state index in [2.05, 4.69) is 49.7 Å². The normalized spacial score (nSPS) is 7.73. The minimum Gasteiger partial charge on any atom is -0.585 e. The number of nitrogens with one attached hydrogen (secondary N) is 2. The molecule has 0 saturated heterocycles. The standard InChI is InChI=1S/2C3H7N2S2.Ni/c2*1-2-5(4)3(6)7;/h2*4H,2H2,1H3,(H,6,7);/q2*-1;/p-2. The Morgan fingerprint density at radius 1 is 1.00 bits per heavy atom. The number of nitrogens with zero attached hydrogens (tertiary/aromatic N) is 2. The maximum absolute atomic E-state index is 6.86. The third-order valence-corrected chi connectivity index (χ3v) is 1.95. The smallest absolute Gasteiger partial charge is 0 e. The Morgan fingerprint density at radius 2 is 1.20 bits per heavy atom. The average Bonchev–Trinajstić information content (AvgIpc) is 2.15. The van der Waals surface area contributed by atoms with Gasteiger partial charge in [-0.05, 0) is 26.9 Å². The van der Waals surface area contributed by atoms with Crippen LogP contribution >= 0.6 is 24.4 Å². The second-order valence-corrected chi connectivity index (χ2v) is 4.08. The predicted molar refractivity (Wildman–Crippen MR) is 73.3 cm³/mol. The topological polar surface area (TPSA) is 54.1 Å². The summed E-state index contributed by atoms with van der Waals surface area (Å²) in [5, 5.41) is 2.18. The second-order valence-electron chi connectivity index (χ2n) is 2.02. The summed E-state index contributed by atoms with van der Waals surface area (Å²) in [5.74, 6) is 13.7. The van der Waals surface area contributed by atoms with Crippen molar-refractivity contribution in [2.75, 3.05) is 13.1 Å². The molecule has 0 aromatic heterocycles. The number of rotatable bonds is 2. The van der Waals surface area contributed by atoms with E-state index in [1.165, 1.54) is 0 Å². The van der Waals surface area contributed by atoms with E-state index >= 15 is 0 Å². The Morgan fingerprint density at radius 3 is 1.20 bits per heavy atom. The Labute approximate surface area is 123 Å². The first-order chi connectivity index (χ1) is 6.36. The summed E-state index contributed by atoms with van der Waals surface area (Å²) in [7, 11) is 0. The van der Waals surface area contributed by atoms with Crippen molar-refractivity contribution in [1.29, 1.82) is 0 Å². The SMILES string of the molecule is CCN([NH-])C(=S)[S-].CCN([NH-])C(=S)[S-].[Ni]. The molecule has 0 saturated carbocycles. The second kappa shape index (κ2) is 12.7. The van der Waals surface area contributed by atoms with Gasteiger partial charge in [0, 0.05) is 16.5 Å². The number of hydrogen-bond acceptors (Lipinski definition) is 4. The first-order valence-corrected chi connectivity index (χ1v) is 5.39. The fourth-order valence-electron chi connectivity index (χ4n) is 0.258. The summed E-state index contributed by atoms with van der Waals surface area (Å²) in [6.45, 7) is 4.79. The Hall–Kier alpha value is 0.634. The van der Waals surface area contributed by atoms with Crippen molar-refractivity contribution in [3.63, 3.8) is 0 Å². The fraction of sp³-hybridized carbons (Fsp3) is 0.667. The molecule has 15 heavy (non-hydrogen) atoms. The summed E-state index contributed by atoms with van der Waals surface area (Å²) in [5.41, 5.74) is 0. The van der Waals surface area contributed by atoms with Crippen LogP contribution in [-0.4, -0.2) is 31.7 Å². The molecule has 0 bridgehead atoms. The Kier molecular flexibility index (Phi) is 17.8. The maximum atomic E-state index is 6.86. The summed E-state index contributed by atoms with van der Waals surface area (Å²) in [6.07, 6.45) is 0. The van der Waals surface area contributed by atoms with Gasteiger partial charge in [0.1, 0.15) is 0 Å². The van der Waals surface area contributed by atoms with Crippen molar-refractivity contribution in [2.45, 2.75) is 13.8 Å². The summed E-state index contributed by atoms with van der Waals surface area (Å²) in [4.78, 5) is 0. The molecule has 0 aliphatic heterocycles. The molecule has 0 radical (unpaired) electrons.